The molecule has 0 bridgehead atoms. The molecule has 0 spiro atoms. The molecule has 0 aromatic carbocycles. The van der Waals surface area contributed by atoms with Gasteiger partial charge in [-0.2, -0.15) is 0 Å². The molecule has 0 unspecified atom stereocenters. The van der Waals surface area contributed by atoms with Gasteiger partial charge < -0.3 is 4.90 Å². The van der Waals surface area contributed by atoms with Crippen molar-refractivity contribution in [3.05, 3.63) is 16.8 Å². The second kappa shape index (κ2) is 7.23. The standard InChI is InChI=1S/C19H25N3OS2/c1-12-6-5-7-13(2)22(12)16(23)10-24-18-17-14-8-3-4-9-15(14)25-19(17)21-11-20-18/h11-13H,3-10H2,1-2H3/t12-,13-/m0/s1. The number of fused-ring (bicyclic) bond motifs is 3. The van der Waals surface area contributed by atoms with Gasteiger partial charge in [-0.3, -0.25) is 4.79 Å². The highest BCUT2D eigenvalue weighted by Gasteiger charge is 2.29. The number of thioether (sulfide) groups is 1. The van der Waals surface area contributed by atoms with E-state index in [1.165, 1.54) is 41.5 Å². The van der Waals surface area contributed by atoms with E-state index in [9.17, 15) is 4.79 Å². The molecule has 2 aliphatic rings. The van der Waals surface area contributed by atoms with Crippen molar-refractivity contribution >= 4 is 39.2 Å². The van der Waals surface area contributed by atoms with Gasteiger partial charge in [-0.1, -0.05) is 11.8 Å². The van der Waals surface area contributed by atoms with Crippen LogP contribution in [-0.4, -0.2) is 38.6 Å². The van der Waals surface area contributed by atoms with E-state index in [-0.39, 0.29) is 5.91 Å². The Morgan fingerprint density at radius 1 is 1.20 bits per heavy atom. The quantitative estimate of drug-likeness (QED) is 0.587. The van der Waals surface area contributed by atoms with E-state index in [1.54, 1.807) is 18.1 Å². The lowest BCUT2D eigenvalue weighted by Gasteiger charge is -2.39. The smallest absolute Gasteiger partial charge is 0.233 e. The van der Waals surface area contributed by atoms with Crippen LogP contribution in [0.2, 0.25) is 0 Å². The van der Waals surface area contributed by atoms with Crippen molar-refractivity contribution in [2.24, 2.45) is 0 Å². The molecule has 0 N–H and O–H groups in total. The van der Waals surface area contributed by atoms with E-state index in [4.69, 9.17) is 0 Å². The Kier molecular flexibility index (Phi) is 5.00. The van der Waals surface area contributed by atoms with E-state index < -0.39 is 0 Å². The number of aryl methyl sites for hydroxylation is 2. The lowest BCUT2D eigenvalue weighted by molar-refractivity contribution is -0.134. The van der Waals surface area contributed by atoms with Crippen LogP contribution >= 0.6 is 23.1 Å². The Labute approximate surface area is 157 Å². The largest absolute Gasteiger partial charge is 0.337 e. The number of hydrogen-bond acceptors (Lipinski definition) is 5. The van der Waals surface area contributed by atoms with Crippen molar-refractivity contribution in [2.45, 2.75) is 75.9 Å². The maximum Gasteiger partial charge on any atom is 0.233 e. The first kappa shape index (κ1) is 17.3. The van der Waals surface area contributed by atoms with E-state index >= 15 is 0 Å². The minimum atomic E-state index is 0.251. The van der Waals surface area contributed by atoms with Crippen LogP contribution in [0.1, 0.15) is 56.4 Å². The normalized spacial score (nSPS) is 23.7. The Hall–Kier alpha value is -1.14. The lowest BCUT2D eigenvalue weighted by atomic mass is 9.97. The predicted molar refractivity (Wildman–Crippen MR) is 104 cm³/mol. The molecule has 25 heavy (non-hydrogen) atoms. The zero-order chi connectivity index (χ0) is 17.4. The molecule has 4 rings (SSSR count). The zero-order valence-corrected chi connectivity index (χ0v) is 16.6. The van der Waals surface area contributed by atoms with E-state index in [0.29, 0.717) is 17.8 Å². The Morgan fingerprint density at radius 3 is 2.76 bits per heavy atom. The highest BCUT2D eigenvalue weighted by atomic mass is 32.2. The van der Waals surface area contributed by atoms with Gasteiger partial charge in [0.05, 0.1) is 5.75 Å². The molecule has 1 amide bonds. The summed E-state index contributed by atoms with van der Waals surface area (Å²) in [6, 6.07) is 0.715. The van der Waals surface area contributed by atoms with Gasteiger partial charge in [0.15, 0.2) is 0 Å². The number of aromatic nitrogens is 2. The Bertz CT molecular complexity index is 778. The van der Waals surface area contributed by atoms with Crippen molar-refractivity contribution in [1.82, 2.24) is 14.9 Å². The van der Waals surface area contributed by atoms with Gasteiger partial charge in [0.1, 0.15) is 16.2 Å². The highest BCUT2D eigenvalue weighted by Crippen LogP contribution is 2.39. The Morgan fingerprint density at radius 2 is 1.96 bits per heavy atom. The summed E-state index contributed by atoms with van der Waals surface area (Å²) in [5.41, 5.74) is 1.45. The summed E-state index contributed by atoms with van der Waals surface area (Å²) in [7, 11) is 0. The molecule has 0 saturated carbocycles. The van der Waals surface area contributed by atoms with Crippen molar-refractivity contribution in [3.8, 4) is 0 Å². The molecule has 2 aromatic heterocycles. The second-order valence-electron chi connectivity index (χ2n) is 7.29. The number of hydrogen-bond donors (Lipinski definition) is 0. The van der Waals surface area contributed by atoms with Gasteiger partial charge in [-0.25, -0.2) is 9.97 Å². The number of piperidine rings is 1. The third kappa shape index (κ3) is 3.31. The number of rotatable bonds is 3. The first-order chi connectivity index (χ1) is 12.1. The molecule has 1 fully saturated rings. The number of carbonyl (C=O) groups is 1. The monoisotopic (exact) mass is 375 g/mol. The summed E-state index contributed by atoms with van der Waals surface area (Å²) in [4.78, 5) is 26.5. The fraction of sp³-hybridized carbons (Fsp3) is 0.632. The average Bonchev–Trinajstić information content (AvgIpc) is 2.99. The van der Waals surface area contributed by atoms with Crippen LogP contribution in [0.5, 0.6) is 0 Å². The number of carbonyl (C=O) groups excluding carboxylic acids is 1. The number of amides is 1. The van der Waals surface area contributed by atoms with Crippen LogP contribution in [0, 0.1) is 0 Å². The van der Waals surface area contributed by atoms with Gasteiger partial charge in [0.2, 0.25) is 5.91 Å². The van der Waals surface area contributed by atoms with Crippen molar-refractivity contribution in [1.29, 1.82) is 0 Å². The fourth-order valence-electron chi connectivity index (χ4n) is 4.29. The zero-order valence-electron chi connectivity index (χ0n) is 15.0. The second-order valence-corrected chi connectivity index (χ2v) is 9.34. The maximum atomic E-state index is 12.8. The molecule has 0 radical (unpaired) electrons. The molecule has 134 valence electrons. The van der Waals surface area contributed by atoms with Gasteiger partial charge in [0.25, 0.3) is 0 Å². The van der Waals surface area contributed by atoms with Crippen LogP contribution in [0.25, 0.3) is 10.2 Å². The van der Waals surface area contributed by atoms with Crippen LogP contribution in [0.15, 0.2) is 11.4 Å². The van der Waals surface area contributed by atoms with Crippen molar-refractivity contribution in [2.75, 3.05) is 5.75 Å². The number of thiophene rings is 1. The molecular weight excluding hydrogens is 350 g/mol. The van der Waals surface area contributed by atoms with E-state index in [0.717, 1.165) is 29.1 Å². The molecular formula is C19H25N3OS2. The maximum absolute atomic E-state index is 12.8. The van der Waals surface area contributed by atoms with Crippen molar-refractivity contribution in [3.63, 3.8) is 0 Å². The summed E-state index contributed by atoms with van der Waals surface area (Å²) >= 11 is 3.41. The lowest BCUT2D eigenvalue weighted by Crippen LogP contribution is -2.48. The first-order valence-electron chi connectivity index (χ1n) is 9.34. The van der Waals surface area contributed by atoms with Gasteiger partial charge in [-0.05, 0) is 64.4 Å². The molecule has 3 heterocycles. The third-order valence-corrected chi connectivity index (χ3v) is 7.70. The first-order valence-corrected chi connectivity index (χ1v) is 11.1. The highest BCUT2D eigenvalue weighted by molar-refractivity contribution is 8.00. The van der Waals surface area contributed by atoms with Gasteiger partial charge in [0, 0.05) is 22.3 Å². The van der Waals surface area contributed by atoms with Crippen molar-refractivity contribution < 1.29 is 4.79 Å². The SMILES string of the molecule is C[C@H]1CCC[C@H](C)N1C(=O)CSc1ncnc2sc3c(c12)CCCC3. The van der Waals surface area contributed by atoms with Gasteiger partial charge in [-0.15, -0.1) is 11.3 Å². The summed E-state index contributed by atoms with van der Waals surface area (Å²) in [5.74, 6) is 0.728. The minimum absolute atomic E-state index is 0.251. The Balaban J connectivity index is 1.55. The molecule has 1 saturated heterocycles. The number of likely N-dealkylation sites (tertiary alicyclic amines) is 1. The van der Waals surface area contributed by atoms with Crippen LogP contribution in [0.4, 0.5) is 0 Å². The summed E-state index contributed by atoms with van der Waals surface area (Å²) in [5, 5.41) is 2.22. The minimum Gasteiger partial charge on any atom is -0.337 e. The summed E-state index contributed by atoms with van der Waals surface area (Å²) < 4.78 is 0. The summed E-state index contributed by atoms with van der Waals surface area (Å²) in [6.07, 6.45) is 9.95. The molecule has 2 atom stereocenters. The van der Waals surface area contributed by atoms with Crippen LogP contribution < -0.4 is 0 Å². The molecule has 1 aliphatic carbocycles. The van der Waals surface area contributed by atoms with Gasteiger partial charge >= 0.3 is 0 Å². The predicted octanol–water partition coefficient (Wildman–Crippen LogP) is 4.45. The molecule has 2 aromatic rings. The molecule has 6 heteroatoms. The van der Waals surface area contributed by atoms with E-state index in [1.807, 2.05) is 11.3 Å². The van der Waals surface area contributed by atoms with E-state index in [2.05, 4.69) is 28.7 Å². The average molecular weight is 376 g/mol. The third-order valence-electron chi connectivity index (χ3n) is 5.53. The molecule has 4 nitrogen and oxygen atoms in total. The summed E-state index contributed by atoms with van der Waals surface area (Å²) in [6.45, 7) is 4.35. The topological polar surface area (TPSA) is 46.1 Å². The molecule has 1 aliphatic heterocycles. The van der Waals surface area contributed by atoms with Crippen LogP contribution in [0.3, 0.4) is 0 Å². The number of nitrogens with zero attached hydrogens (tertiary/aromatic N) is 3. The van der Waals surface area contributed by atoms with Crippen LogP contribution in [-0.2, 0) is 17.6 Å². The fourth-order valence-corrected chi connectivity index (χ4v) is 6.48.